The molecule has 18 heavy (non-hydrogen) atoms. The highest BCUT2D eigenvalue weighted by Gasteiger charge is 2.20. The van der Waals surface area contributed by atoms with Gasteiger partial charge in [0, 0.05) is 18.0 Å². The van der Waals surface area contributed by atoms with E-state index in [4.69, 9.17) is 5.11 Å². The van der Waals surface area contributed by atoms with E-state index in [1.54, 1.807) is 24.4 Å². The molecule has 0 atom stereocenters. The first-order valence-electron chi connectivity index (χ1n) is 5.11. The summed E-state index contributed by atoms with van der Waals surface area (Å²) < 4.78 is 0. The molecule has 0 bridgehead atoms. The molecule has 0 spiro atoms. The second-order valence-corrected chi connectivity index (χ2v) is 3.58. The van der Waals surface area contributed by atoms with Gasteiger partial charge in [0.1, 0.15) is 0 Å². The van der Waals surface area contributed by atoms with E-state index in [2.05, 4.69) is 4.98 Å². The molecule has 90 valence electrons. The fourth-order valence-corrected chi connectivity index (χ4v) is 1.72. The van der Waals surface area contributed by atoms with Crippen LogP contribution in [0, 0.1) is 0 Å². The van der Waals surface area contributed by atoms with E-state index in [1.165, 1.54) is 18.3 Å². The van der Waals surface area contributed by atoms with Crippen LogP contribution >= 0.6 is 0 Å². The van der Waals surface area contributed by atoms with E-state index < -0.39 is 11.9 Å². The number of carboxylic acid groups (broad SMARTS) is 2. The lowest BCUT2D eigenvalue weighted by atomic mass is 9.96. The van der Waals surface area contributed by atoms with Gasteiger partial charge in [-0.15, -0.1) is 0 Å². The number of rotatable bonds is 3. The lowest BCUT2D eigenvalue weighted by Crippen LogP contribution is -2.09. The zero-order valence-electron chi connectivity index (χ0n) is 9.20. The molecule has 0 saturated heterocycles. The van der Waals surface area contributed by atoms with Crippen molar-refractivity contribution in [1.82, 2.24) is 4.98 Å². The third-order valence-electron chi connectivity index (χ3n) is 2.48. The molecule has 2 N–H and O–H groups in total. The molecule has 0 aliphatic rings. The van der Waals surface area contributed by atoms with E-state index in [0.29, 0.717) is 11.1 Å². The Hall–Kier alpha value is -2.69. The van der Waals surface area contributed by atoms with Crippen LogP contribution < -0.4 is 0 Å². The number of benzene rings is 1. The molecule has 1 heterocycles. The summed E-state index contributed by atoms with van der Waals surface area (Å²) in [5.41, 5.74) is 0.454. The number of hydrogen-bond acceptors (Lipinski definition) is 3. The zero-order chi connectivity index (χ0) is 13.1. The molecule has 0 saturated carbocycles. The SMILES string of the molecule is O=C(O)c1cccc(-c2cccnc2)c1C(=O)O. The van der Waals surface area contributed by atoms with Crippen LogP contribution in [0.15, 0.2) is 42.7 Å². The van der Waals surface area contributed by atoms with Crippen molar-refractivity contribution in [3.05, 3.63) is 53.9 Å². The first-order chi connectivity index (χ1) is 8.61. The molecule has 0 unspecified atom stereocenters. The Bertz CT molecular complexity index is 608. The average Bonchev–Trinajstić information content (AvgIpc) is 2.38. The molecule has 0 fully saturated rings. The number of aromatic nitrogens is 1. The van der Waals surface area contributed by atoms with Crippen LogP contribution in [0.5, 0.6) is 0 Å². The highest BCUT2D eigenvalue weighted by atomic mass is 16.4. The summed E-state index contributed by atoms with van der Waals surface area (Å²) in [4.78, 5) is 26.2. The molecule has 0 aliphatic heterocycles. The van der Waals surface area contributed by atoms with Crippen LogP contribution in [0.1, 0.15) is 20.7 Å². The Morgan fingerprint density at radius 2 is 1.78 bits per heavy atom. The normalized spacial score (nSPS) is 10.0. The minimum Gasteiger partial charge on any atom is -0.478 e. The predicted octanol–water partition coefficient (Wildman–Crippen LogP) is 2.14. The molecule has 5 heteroatoms. The number of pyridine rings is 1. The highest BCUT2D eigenvalue weighted by Crippen LogP contribution is 2.25. The van der Waals surface area contributed by atoms with Crippen LogP contribution in [0.2, 0.25) is 0 Å². The second-order valence-electron chi connectivity index (χ2n) is 3.58. The topological polar surface area (TPSA) is 87.5 Å². The first-order valence-corrected chi connectivity index (χ1v) is 5.11. The van der Waals surface area contributed by atoms with Gasteiger partial charge in [0.2, 0.25) is 0 Å². The molecular weight excluding hydrogens is 234 g/mol. The smallest absolute Gasteiger partial charge is 0.337 e. The van der Waals surface area contributed by atoms with E-state index in [9.17, 15) is 14.7 Å². The maximum atomic E-state index is 11.2. The quantitative estimate of drug-likeness (QED) is 0.862. The summed E-state index contributed by atoms with van der Waals surface area (Å²) in [5, 5.41) is 18.2. The fraction of sp³-hybridized carbons (Fsp3) is 0. The van der Waals surface area contributed by atoms with E-state index >= 15 is 0 Å². The van der Waals surface area contributed by atoms with Crippen molar-refractivity contribution in [2.24, 2.45) is 0 Å². The lowest BCUT2D eigenvalue weighted by molar-refractivity contribution is 0.0652. The van der Waals surface area contributed by atoms with Crippen molar-refractivity contribution in [3.8, 4) is 11.1 Å². The summed E-state index contributed by atoms with van der Waals surface area (Å²) in [6, 6.07) is 7.69. The molecule has 2 aromatic rings. The van der Waals surface area contributed by atoms with Crippen molar-refractivity contribution in [1.29, 1.82) is 0 Å². The van der Waals surface area contributed by atoms with E-state index in [-0.39, 0.29) is 11.1 Å². The molecule has 1 aromatic carbocycles. The molecular formula is C13H9NO4. The van der Waals surface area contributed by atoms with Gasteiger partial charge in [-0.3, -0.25) is 4.98 Å². The van der Waals surface area contributed by atoms with Crippen LogP contribution in [-0.4, -0.2) is 27.1 Å². The molecule has 0 aliphatic carbocycles. The summed E-state index contributed by atoms with van der Waals surface area (Å²) in [6.45, 7) is 0. The fourth-order valence-electron chi connectivity index (χ4n) is 1.72. The second kappa shape index (κ2) is 4.67. The Morgan fingerprint density at radius 3 is 2.33 bits per heavy atom. The summed E-state index contributed by atoms with van der Waals surface area (Å²) in [6.07, 6.45) is 3.05. The molecule has 0 radical (unpaired) electrons. The van der Waals surface area contributed by atoms with Crippen LogP contribution in [0.3, 0.4) is 0 Å². The Labute approximate surface area is 102 Å². The van der Waals surface area contributed by atoms with Crippen molar-refractivity contribution in [2.75, 3.05) is 0 Å². The number of hydrogen-bond donors (Lipinski definition) is 2. The van der Waals surface area contributed by atoms with Crippen molar-refractivity contribution >= 4 is 11.9 Å². The maximum Gasteiger partial charge on any atom is 0.337 e. The maximum absolute atomic E-state index is 11.2. The van der Waals surface area contributed by atoms with E-state index in [1.807, 2.05) is 0 Å². The van der Waals surface area contributed by atoms with Gasteiger partial charge in [0.05, 0.1) is 11.1 Å². The molecule has 1 aromatic heterocycles. The number of aromatic carboxylic acids is 2. The summed E-state index contributed by atoms with van der Waals surface area (Å²) in [5.74, 6) is -2.54. The van der Waals surface area contributed by atoms with Crippen molar-refractivity contribution < 1.29 is 19.8 Å². The first kappa shape index (κ1) is 11.8. The van der Waals surface area contributed by atoms with Gasteiger partial charge in [-0.1, -0.05) is 18.2 Å². The van der Waals surface area contributed by atoms with Gasteiger partial charge < -0.3 is 10.2 Å². The van der Waals surface area contributed by atoms with Gasteiger partial charge in [-0.25, -0.2) is 9.59 Å². The minimum absolute atomic E-state index is 0.224. The third-order valence-corrected chi connectivity index (χ3v) is 2.48. The number of nitrogens with zero attached hydrogens (tertiary/aromatic N) is 1. The minimum atomic E-state index is -1.27. The van der Waals surface area contributed by atoms with Gasteiger partial charge in [-0.05, 0) is 17.7 Å². The van der Waals surface area contributed by atoms with Gasteiger partial charge in [0.25, 0.3) is 0 Å². The van der Waals surface area contributed by atoms with Crippen LogP contribution in [-0.2, 0) is 0 Å². The molecule has 0 amide bonds. The Kier molecular flexibility index (Phi) is 3.05. The summed E-state index contributed by atoms with van der Waals surface area (Å²) in [7, 11) is 0. The largest absolute Gasteiger partial charge is 0.478 e. The van der Waals surface area contributed by atoms with E-state index in [0.717, 1.165) is 0 Å². The number of carboxylic acids is 2. The zero-order valence-corrected chi connectivity index (χ0v) is 9.20. The Balaban J connectivity index is 2.72. The average molecular weight is 243 g/mol. The monoisotopic (exact) mass is 243 g/mol. The predicted molar refractivity (Wildman–Crippen MR) is 63.6 cm³/mol. The van der Waals surface area contributed by atoms with Crippen LogP contribution in [0.25, 0.3) is 11.1 Å². The standard InChI is InChI=1S/C13H9NO4/c15-12(16)10-5-1-4-9(11(10)13(17)18)8-3-2-6-14-7-8/h1-7H,(H,15,16)(H,17,18). The Morgan fingerprint density at radius 1 is 1.00 bits per heavy atom. The van der Waals surface area contributed by atoms with Crippen molar-refractivity contribution in [2.45, 2.75) is 0 Å². The van der Waals surface area contributed by atoms with Gasteiger partial charge in [-0.2, -0.15) is 0 Å². The summed E-state index contributed by atoms with van der Waals surface area (Å²) >= 11 is 0. The number of carbonyl (C=O) groups is 2. The highest BCUT2D eigenvalue weighted by molar-refractivity contribution is 6.06. The van der Waals surface area contributed by atoms with Gasteiger partial charge in [0.15, 0.2) is 0 Å². The van der Waals surface area contributed by atoms with Crippen LogP contribution in [0.4, 0.5) is 0 Å². The van der Waals surface area contributed by atoms with Crippen molar-refractivity contribution in [3.63, 3.8) is 0 Å². The molecule has 2 rings (SSSR count). The molecule has 5 nitrogen and oxygen atoms in total. The lowest BCUT2D eigenvalue weighted by Gasteiger charge is -2.08. The third kappa shape index (κ3) is 2.06. The van der Waals surface area contributed by atoms with Gasteiger partial charge >= 0.3 is 11.9 Å².